The number of nitrogens with zero attached hydrogens (tertiary/aromatic N) is 1. The van der Waals surface area contributed by atoms with Gasteiger partial charge in [-0.25, -0.2) is 13.4 Å². The van der Waals surface area contributed by atoms with Gasteiger partial charge in [-0.3, -0.25) is 0 Å². The van der Waals surface area contributed by atoms with E-state index in [1.807, 2.05) is 6.92 Å². The molecule has 18 heavy (non-hydrogen) atoms. The van der Waals surface area contributed by atoms with E-state index in [1.165, 1.54) is 11.3 Å². The average Bonchev–Trinajstić information content (AvgIpc) is 2.96. The zero-order valence-electron chi connectivity index (χ0n) is 9.55. The van der Waals surface area contributed by atoms with Crippen LogP contribution in [0.2, 0.25) is 0 Å². The minimum absolute atomic E-state index is 0.291. The molecule has 2 heterocycles. The molecule has 0 saturated carbocycles. The Kier molecular flexibility index (Phi) is 4.21. The van der Waals surface area contributed by atoms with Crippen LogP contribution in [0.3, 0.4) is 0 Å². The van der Waals surface area contributed by atoms with Gasteiger partial charge in [0.25, 0.3) is 10.0 Å². The van der Waals surface area contributed by atoms with Crippen LogP contribution >= 0.6 is 27.3 Å². The van der Waals surface area contributed by atoms with Crippen LogP contribution < -0.4 is 4.72 Å². The predicted octanol–water partition coefficient (Wildman–Crippen LogP) is 2.66. The lowest BCUT2D eigenvalue weighted by Crippen LogP contribution is -2.28. The van der Waals surface area contributed by atoms with E-state index in [0.717, 1.165) is 3.79 Å². The maximum Gasteiger partial charge on any atom is 0.250 e. The molecule has 2 aromatic rings. The minimum Gasteiger partial charge on any atom is -0.347 e. The van der Waals surface area contributed by atoms with Crippen molar-refractivity contribution in [3.8, 4) is 0 Å². The highest BCUT2D eigenvalue weighted by Gasteiger charge is 2.22. The highest BCUT2D eigenvalue weighted by atomic mass is 79.9. The van der Waals surface area contributed by atoms with Crippen LogP contribution in [0, 0.1) is 0 Å². The van der Waals surface area contributed by atoms with Gasteiger partial charge in [0.1, 0.15) is 10.0 Å². The number of aromatic nitrogens is 2. The lowest BCUT2D eigenvalue weighted by atomic mass is 10.2. The molecule has 2 aromatic heterocycles. The van der Waals surface area contributed by atoms with Gasteiger partial charge >= 0.3 is 0 Å². The molecular formula is C10H12BrN3O2S2. The highest BCUT2D eigenvalue weighted by molar-refractivity contribution is 9.11. The summed E-state index contributed by atoms with van der Waals surface area (Å²) in [4.78, 5) is 7.01. The maximum atomic E-state index is 12.1. The molecule has 0 spiro atoms. The molecule has 5 nitrogen and oxygen atoms in total. The van der Waals surface area contributed by atoms with Gasteiger partial charge in [0.2, 0.25) is 0 Å². The Morgan fingerprint density at radius 2 is 2.33 bits per heavy atom. The molecule has 0 amide bonds. The van der Waals surface area contributed by atoms with Crippen LogP contribution in [0.4, 0.5) is 0 Å². The average molecular weight is 350 g/mol. The van der Waals surface area contributed by atoms with E-state index in [4.69, 9.17) is 0 Å². The van der Waals surface area contributed by atoms with Crippen LogP contribution in [0.15, 0.2) is 32.5 Å². The summed E-state index contributed by atoms with van der Waals surface area (Å²) < 4.78 is 28.0. The largest absolute Gasteiger partial charge is 0.347 e. The van der Waals surface area contributed by atoms with Crippen molar-refractivity contribution >= 4 is 37.3 Å². The quantitative estimate of drug-likeness (QED) is 0.871. The van der Waals surface area contributed by atoms with Crippen LogP contribution in [-0.4, -0.2) is 18.4 Å². The van der Waals surface area contributed by atoms with Crippen molar-refractivity contribution in [1.82, 2.24) is 14.7 Å². The van der Waals surface area contributed by atoms with Gasteiger partial charge in [-0.2, -0.15) is 4.72 Å². The van der Waals surface area contributed by atoms with Gasteiger partial charge < -0.3 is 4.98 Å². The molecule has 0 radical (unpaired) electrons. The Morgan fingerprint density at radius 1 is 1.56 bits per heavy atom. The monoisotopic (exact) mass is 349 g/mol. The summed E-state index contributed by atoms with van der Waals surface area (Å²) >= 11 is 4.43. The molecule has 2 rings (SSSR count). The van der Waals surface area contributed by atoms with Crippen molar-refractivity contribution in [2.24, 2.45) is 0 Å². The minimum atomic E-state index is -3.50. The molecule has 0 aliphatic carbocycles. The second-order valence-corrected chi connectivity index (χ2v) is 8.02. The zero-order valence-corrected chi connectivity index (χ0v) is 12.8. The van der Waals surface area contributed by atoms with Gasteiger partial charge in [-0.05, 0) is 34.5 Å². The fourth-order valence-electron chi connectivity index (χ4n) is 1.49. The highest BCUT2D eigenvalue weighted by Crippen LogP contribution is 2.27. The number of hydrogen-bond acceptors (Lipinski definition) is 4. The summed E-state index contributed by atoms with van der Waals surface area (Å²) in [5, 5.41) is 0. The fourth-order valence-corrected chi connectivity index (χ4v) is 4.80. The van der Waals surface area contributed by atoms with Gasteiger partial charge in [0.15, 0.2) is 0 Å². The summed E-state index contributed by atoms with van der Waals surface area (Å²) in [5.41, 5.74) is 0. The van der Waals surface area contributed by atoms with E-state index >= 15 is 0 Å². The third kappa shape index (κ3) is 3.00. The lowest BCUT2D eigenvalue weighted by Gasteiger charge is -2.13. The summed E-state index contributed by atoms with van der Waals surface area (Å²) in [6.07, 6.45) is 3.90. The number of halogens is 1. The van der Waals surface area contributed by atoms with Crippen molar-refractivity contribution in [1.29, 1.82) is 0 Å². The molecule has 0 saturated heterocycles. The van der Waals surface area contributed by atoms with Crippen molar-refractivity contribution in [3.05, 3.63) is 34.1 Å². The molecule has 1 atom stereocenters. The van der Waals surface area contributed by atoms with Gasteiger partial charge in [-0.1, -0.05) is 6.92 Å². The normalized spacial score (nSPS) is 13.7. The molecule has 8 heteroatoms. The van der Waals surface area contributed by atoms with Crippen LogP contribution in [0.25, 0.3) is 0 Å². The number of hydrogen-bond donors (Lipinski definition) is 2. The standard InChI is InChI=1S/C10H12BrN3O2S2/c1-2-7(10-12-5-6-13-10)14-18(15,16)9-4-3-8(11)17-9/h3-7,14H,2H2,1H3,(H,12,13). The van der Waals surface area contributed by atoms with Gasteiger partial charge in [0, 0.05) is 12.4 Å². The summed E-state index contributed by atoms with van der Waals surface area (Å²) in [6.45, 7) is 1.90. The Bertz CT molecular complexity index is 607. The van der Waals surface area contributed by atoms with Crippen LogP contribution in [-0.2, 0) is 10.0 Å². The number of nitrogens with one attached hydrogen (secondary N) is 2. The summed E-state index contributed by atoms with van der Waals surface area (Å²) in [6, 6.07) is 2.95. The first kappa shape index (κ1) is 13.7. The third-order valence-electron chi connectivity index (χ3n) is 2.37. The van der Waals surface area contributed by atoms with E-state index in [0.29, 0.717) is 16.5 Å². The van der Waals surface area contributed by atoms with E-state index in [2.05, 4.69) is 30.6 Å². The molecular weight excluding hydrogens is 338 g/mol. The molecule has 0 fully saturated rings. The maximum absolute atomic E-state index is 12.1. The molecule has 98 valence electrons. The lowest BCUT2D eigenvalue weighted by molar-refractivity contribution is 0.541. The third-order valence-corrected chi connectivity index (χ3v) is 5.96. The van der Waals surface area contributed by atoms with Crippen molar-refractivity contribution in [2.75, 3.05) is 0 Å². The Balaban J connectivity index is 2.22. The van der Waals surface area contributed by atoms with Crippen LogP contribution in [0.1, 0.15) is 25.2 Å². The Morgan fingerprint density at radius 3 is 2.83 bits per heavy atom. The van der Waals surface area contributed by atoms with E-state index in [9.17, 15) is 8.42 Å². The molecule has 0 aromatic carbocycles. The SMILES string of the molecule is CCC(NS(=O)(=O)c1ccc(Br)s1)c1ncc[nH]1. The summed E-state index contributed by atoms with van der Waals surface area (Å²) in [7, 11) is -3.50. The molecule has 2 N–H and O–H groups in total. The van der Waals surface area contributed by atoms with Crippen molar-refractivity contribution < 1.29 is 8.42 Å². The number of H-pyrrole nitrogens is 1. The van der Waals surface area contributed by atoms with E-state index in [-0.39, 0.29) is 6.04 Å². The van der Waals surface area contributed by atoms with Gasteiger partial charge in [0.05, 0.1) is 9.83 Å². The van der Waals surface area contributed by atoms with Gasteiger partial charge in [-0.15, -0.1) is 11.3 Å². The number of aromatic amines is 1. The first-order valence-corrected chi connectivity index (χ1v) is 8.39. The Hall–Kier alpha value is -0.700. The van der Waals surface area contributed by atoms with E-state index < -0.39 is 10.0 Å². The molecule has 0 bridgehead atoms. The first-order valence-electron chi connectivity index (χ1n) is 5.30. The molecule has 1 unspecified atom stereocenters. The van der Waals surface area contributed by atoms with E-state index in [1.54, 1.807) is 24.5 Å². The number of sulfonamides is 1. The fraction of sp³-hybridized carbons (Fsp3) is 0.300. The predicted molar refractivity (Wildman–Crippen MR) is 74.0 cm³/mol. The smallest absolute Gasteiger partial charge is 0.250 e. The first-order chi connectivity index (χ1) is 8.53. The molecule has 0 aliphatic rings. The second kappa shape index (κ2) is 5.52. The number of rotatable bonds is 5. The van der Waals surface area contributed by atoms with Crippen molar-refractivity contribution in [3.63, 3.8) is 0 Å². The number of thiophene rings is 1. The summed E-state index contributed by atoms with van der Waals surface area (Å²) in [5.74, 6) is 0.622. The second-order valence-electron chi connectivity index (χ2n) is 3.62. The zero-order chi connectivity index (χ0) is 13.2. The topological polar surface area (TPSA) is 74.8 Å². The van der Waals surface area contributed by atoms with Crippen molar-refractivity contribution in [2.45, 2.75) is 23.6 Å². The van der Waals surface area contributed by atoms with Crippen LogP contribution in [0.5, 0.6) is 0 Å². The Labute approximate surface area is 118 Å². The number of imidazole rings is 1. The molecule has 0 aliphatic heterocycles.